The molecule has 0 aliphatic rings. The molecule has 0 atom stereocenters. The first-order valence-electron chi connectivity index (χ1n) is 8.24. The van der Waals surface area contributed by atoms with Crippen LogP contribution < -0.4 is 10.3 Å². The van der Waals surface area contributed by atoms with Gasteiger partial charge in [0.15, 0.2) is 0 Å². The van der Waals surface area contributed by atoms with E-state index in [-0.39, 0.29) is 32.8 Å². The van der Waals surface area contributed by atoms with Gasteiger partial charge in [0.05, 0.1) is 30.4 Å². The van der Waals surface area contributed by atoms with E-state index in [0.717, 1.165) is 12.1 Å². The van der Waals surface area contributed by atoms with Crippen molar-refractivity contribution in [3.05, 3.63) is 68.7 Å². The molecular formula is C20H14ClF4NO3. The summed E-state index contributed by atoms with van der Waals surface area (Å²) >= 11 is 6.05. The zero-order valence-electron chi connectivity index (χ0n) is 14.9. The van der Waals surface area contributed by atoms with Gasteiger partial charge in [-0.15, -0.1) is 0 Å². The Morgan fingerprint density at radius 2 is 2.00 bits per heavy atom. The average Bonchev–Trinajstić information content (AvgIpc) is 2.67. The molecule has 9 heteroatoms. The summed E-state index contributed by atoms with van der Waals surface area (Å²) in [6.07, 6.45) is -3.96. The minimum absolute atomic E-state index is 0.00204. The number of aliphatic hydroxyl groups excluding tert-OH is 1. The third-order valence-electron chi connectivity index (χ3n) is 4.27. The molecule has 1 aromatic heterocycles. The van der Waals surface area contributed by atoms with Crippen LogP contribution in [0.5, 0.6) is 5.75 Å². The maximum Gasteiger partial charge on any atom is 0.418 e. The lowest BCUT2D eigenvalue weighted by Crippen LogP contribution is -2.16. The number of ether oxygens (including phenoxy) is 1. The van der Waals surface area contributed by atoms with Crippen molar-refractivity contribution in [3.8, 4) is 16.9 Å². The van der Waals surface area contributed by atoms with Gasteiger partial charge in [-0.2, -0.15) is 13.2 Å². The molecule has 0 amide bonds. The minimum atomic E-state index is -4.73. The summed E-state index contributed by atoms with van der Waals surface area (Å²) < 4.78 is 59.6. The van der Waals surface area contributed by atoms with Crippen LogP contribution in [0.1, 0.15) is 11.1 Å². The Morgan fingerprint density at radius 3 is 2.62 bits per heavy atom. The molecular weight excluding hydrogens is 414 g/mol. The summed E-state index contributed by atoms with van der Waals surface area (Å²) in [5, 5.41) is 9.25. The van der Waals surface area contributed by atoms with E-state index in [9.17, 15) is 22.4 Å². The number of pyridine rings is 1. The monoisotopic (exact) mass is 427 g/mol. The van der Waals surface area contributed by atoms with E-state index in [0.29, 0.717) is 0 Å². The number of aromatic amines is 1. The molecule has 1 heterocycles. The average molecular weight is 428 g/mol. The fourth-order valence-electron chi connectivity index (χ4n) is 3.08. The van der Waals surface area contributed by atoms with Crippen molar-refractivity contribution >= 4 is 28.6 Å². The number of aromatic nitrogens is 1. The molecule has 0 aliphatic heterocycles. The summed E-state index contributed by atoms with van der Waals surface area (Å²) in [6.45, 7) is -0.980. The van der Waals surface area contributed by atoms with Gasteiger partial charge in [0.1, 0.15) is 11.6 Å². The van der Waals surface area contributed by atoms with Crippen LogP contribution in [0.25, 0.3) is 28.1 Å². The Balaban J connectivity index is 2.56. The normalized spacial score (nSPS) is 12.4. The standard InChI is InChI=1S/C20H14ClF4NO3/c1-29-16-6-5-10(21)7-13(16)17-12-3-2-4-15(20(23,24)25)18(12)26-19(28)14(17)8-11(22)9-27/h2-8,27H,9H2,1H3,(H,26,28)/b11-8-. The number of aliphatic hydroxyl groups is 1. The van der Waals surface area contributed by atoms with Crippen LogP contribution in [0.4, 0.5) is 17.6 Å². The van der Waals surface area contributed by atoms with Crippen LogP contribution in [0.2, 0.25) is 5.02 Å². The van der Waals surface area contributed by atoms with Gasteiger partial charge in [0.25, 0.3) is 5.56 Å². The number of alkyl halides is 3. The van der Waals surface area contributed by atoms with E-state index in [4.69, 9.17) is 21.4 Å². The Bertz CT molecular complexity index is 1170. The zero-order valence-corrected chi connectivity index (χ0v) is 15.7. The molecule has 0 unspecified atom stereocenters. The summed E-state index contributed by atoms with van der Waals surface area (Å²) in [5.41, 5.74) is -2.54. The third kappa shape index (κ3) is 3.99. The Morgan fingerprint density at radius 1 is 1.28 bits per heavy atom. The van der Waals surface area contributed by atoms with Gasteiger partial charge in [-0.3, -0.25) is 4.79 Å². The number of methoxy groups -OCH3 is 1. The van der Waals surface area contributed by atoms with Crippen LogP contribution in [0.15, 0.2) is 47.0 Å². The van der Waals surface area contributed by atoms with E-state index < -0.39 is 35.2 Å². The first-order chi connectivity index (χ1) is 13.7. The van der Waals surface area contributed by atoms with Crippen molar-refractivity contribution in [2.24, 2.45) is 0 Å². The summed E-state index contributed by atoms with van der Waals surface area (Å²) in [6, 6.07) is 7.77. The van der Waals surface area contributed by atoms with Gasteiger partial charge in [0, 0.05) is 21.5 Å². The molecule has 2 N–H and O–H groups in total. The summed E-state index contributed by atoms with van der Waals surface area (Å²) in [5.74, 6) is -0.818. The molecule has 3 aromatic rings. The highest BCUT2D eigenvalue weighted by Gasteiger charge is 2.34. The van der Waals surface area contributed by atoms with E-state index >= 15 is 0 Å². The van der Waals surface area contributed by atoms with E-state index in [1.807, 2.05) is 0 Å². The number of benzene rings is 2. The number of halogens is 5. The zero-order chi connectivity index (χ0) is 21.3. The fourth-order valence-corrected chi connectivity index (χ4v) is 3.25. The van der Waals surface area contributed by atoms with Gasteiger partial charge in [0.2, 0.25) is 0 Å². The Hall–Kier alpha value is -2.84. The first kappa shape index (κ1) is 20.9. The van der Waals surface area contributed by atoms with Crippen molar-refractivity contribution in [2.75, 3.05) is 13.7 Å². The lowest BCUT2D eigenvalue weighted by Gasteiger charge is -2.17. The Kier molecular flexibility index (Phi) is 5.68. The minimum Gasteiger partial charge on any atom is -0.496 e. The quantitative estimate of drug-likeness (QED) is 0.564. The predicted molar refractivity (Wildman–Crippen MR) is 103 cm³/mol. The molecule has 0 saturated carbocycles. The van der Waals surface area contributed by atoms with Gasteiger partial charge < -0.3 is 14.8 Å². The molecule has 0 fully saturated rings. The van der Waals surface area contributed by atoms with E-state index in [1.165, 1.54) is 37.4 Å². The number of hydrogen-bond acceptors (Lipinski definition) is 3. The number of para-hydroxylation sites is 1. The molecule has 29 heavy (non-hydrogen) atoms. The number of nitrogens with one attached hydrogen (secondary N) is 1. The maximum absolute atomic E-state index is 13.8. The topological polar surface area (TPSA) is 62.3 Å². The Labute approximate surface area is 167 Å². The molecule has 152 valence electrons. The number of rotatable bonds is 4. The van der Waals surface area contributed by atoms with Crippen LogP contribution >= 0.6 is 11.6 Å². The van der Waals surface area contributed by atoms with Crippen molar-refractivity contribution in [1.82, 2.24) is 4.98 Å². The number of fused-ring (bicyclic) bond motifs is 1. The van der Waals surface area contributed by atoms with Crippen molar-refractivity contribution in [1.29, 1.82) is 0 Å². The second kappa shape index (κ2) is 7.88. The van der Waals surface area contributed by atoms with E-state index in [2.05, 4.69) is 4.98 Å². The third-order valence-corrected chi connectivity index (χ3v) is 4.51. The van der Waals surface area contributed by atoms with Crippen molar-refractivity contribution in [3.63, 3.8) is 0 Å². The maximum atomic E-state index is 13.8. The molecule has 0 saturated heterocycles. The van der Waals surface area contributed by atoms with E-state index in [1.54, 1.807) is 0 Å². The van der Waals surface area contributed by atoms with Gasteiger partial charge in [-0.25, -0.2) is 4.39 Å². The molecule has 2 aromatic carbocycles. The highest BCUT2D eigenvalue weighted by molar-refractivity contribution is 6.31. The van der Waals surface area contributed by atoms with Crippen LogP contribution in [0.3, 0.4) is 0 Å². The highest BCUT2D eigenvalue weighted by Crippen LogP contribution is 2.41. The number of hydrogen-bond donors (Lipinski definition) is 2. The molecule has 3 rings (SSSR count). The van der Waals surface area contributed by atoms with Crippen molar-refractivity contribution in [2.45, 2.75) is 6.18 Å². The van der Waals surface area contributed by atoms with Gasteiger partial charge >= 0.3 is 6.18 Å². The second-order valence-corrected chi connectivity index (χ2v) is 6.50. The lowest BCUT2D eigenvalue weighted by atomic mass is 9.93. The molecule has 0 spiro atoms. The summed E-state index contributed by atoms with van der Waals surface area (Å²) in [7, 11) is 1.34. The predicted octanol–water partition coefficient (Wildman–Crippen LogP) is 5.18. The largest absolute Gasteiger partial charge is 0.496 e. The highest BCUT2D eigenvalue weighted by atomic mass is 35.5. The first-order valence-corrected chi connectivity index (χ1v) is 8.62. The van der Waals surface area contributed by atoms with Crippen molar-refractivity contribution < 1.29 is 27.4 Å². The second-order valence-electron chi connectivity index (χ2n) is 6.06. The molecule has 0 bridgehead atoms. The molecule has 4 nitrogen and oxygen atoms in total. The molecule has 0 radical (unpaired) electrons. The van der Waals surface area contributed by atoms with Gasteiger partial charge in [-0.05, 0) is 30.3 Å². The number of H-pyrrole nitrogens is 1. The van der Waals surface area contributed by atoms with Gasteiger partial charge in [-0.1, -0.05) is 23.7 Å². The smallest absolute Gasteiger partial charge is 0.418 e. The SMILES string of the molecule is COc1ccc(Cl)cc1-c1c(/C=C(\F)CO)c(=O)[nH]c2c(C(F)(F)F)cccc12. The molecule has 0 aliphatic carbocycles. The van der Waals surface area contributed by atoms with Crippen LogP contribution in [-0.4, -0.2) is 23.8 Å². The fraction of sp³-hybridized carbons (Fsp3) is 0.150. The van der Waals surface area contributed by atoms with Crippen LogP contribution in [-0.2, 0) is 6.18 Å². The van der Waals surface area contributed by atoms with Crippen LogP contribution in [0, 0.1) is 0 Å². The summed E-state index contributed by atoms with van der Waals surface area (Å²) in [4.78, 5) is 14.8. The lowest BCUT2D eigenvalue weighted by molar-refractivity contribution is -0.136.